The minimum atomic E-state index is -2.74. The van der Waals surface area contributed by atoms with Crippen molar-refractivity contribution >= 4 is 27.3 Å². The number of carbonyl (C=O) groups excluding carboxylic acids is 1. The third-order valence-corrected chi connectivity index (χ3v) is 6.59. The van der Waals surface area contributed by atoms with E-state index in [9.17, 15) is 9.00 Å². The molecule has 0 aliphatic heterocycles. The van der Waals surface area contributed by atoms with Crippen molar-refractivity contribution < 1.29 is 13.7 Å². The van der Waals surface area contributed by atoms with Gasteiger partial charge in [-0.1, -0.05) is 0 Å². The van der Waals surface area contributed by atoms with Crippen molar-refractivity contribution in [3.05, 3.63) is 36.0 Å². The molecule has 1 unspecified atom stereocenters. The van der Waals surface area contributed by atoms with Gasteiger partial charge in [0.05, 0.1) is 21.0 Å². The van der Waals surface area contributed by atoms with E-state index in [1.54, 1.807) is 12.1 Å². The van der Waals surface area contributed by atoms with E-state index in [0.717, 1.165) is 36.5 Å². The van der Waals surface area contributed by atoms with E-state index in [0.29, 0.717) is 4.90 Å². The molecule has 9 heteroatoms. The Morgan fingerprint density at radius 1 is 1.25 bits per heavy atom. The maximum absolute atomic E-state index is 11.9. The molecular formula is C23H35N5O3S. The highest BCUT2D eigenvalue weighted by molar-refractivity contribution is 7.91. The smallest absolute Gasteiger partial charge is 0.407 e. The Morgan fingerprint density at radius 3 is 2.47 bits per heavy atom. The lowest BCUT2D eigenvalue weighted by Crippen LogP contribution is -2.33. The summed E-state index contributed by atoms with van der Waals surface area (Å²) in [7, 11) is -2.74. The Hall–Kier alpha value is -2.55. The van der Waals surface area contributed by atoms with E-state index in [1.165, 1.54) is 6.26 Å². The van der Waals surface area contributed by atoms with Gasteiger partial charge in [-0.2, -0.15) is 5.10 Å². The summed E-state index contributed by atoms with van der Waals surface area (Å²) >= 11 is 0. The number of nitrogens with zero attached hydrogens (tertiary/aromatic N) is 2. The zero-order valence-electron chi connectivity index (χ0n) is 19.8. The zero-order chi connectivity index (χ0) is 23.7. The number of alkyl carbamates (subject to hydrolysis) is 1. The lowest BCUT2D eigenvalue weighted by Gasteiger charge is -2.23. The van der Waals surface area contributed by atoms with E-state index < -0.39 is 9.73 Å². The molecule has 0 saturated heterocycles. The third kappa shape index (κ3) is 6.03. The lowest BCUT2D eigenvalue weighted by atomic mass is 10.0. The number of ether oxygens (including phenoxy) is 1. The molecule has 1 aliphatic rings. The maximum atomic E-state index is 11.9. The first-order valence-corrected chi connectivity index (χ1v) is 13.0. The fourth-order valence-corrected chi connectivity index (χ4v) is 4.54. The van der Waals surface area contributed by atoms with E-state index >= 15 is 0 Å². The molecule has 0 radical (unpaired) electrons. The molecule has 1 aromatic heterocycles. The number of hydrogen-bond donors (Lipinski definition) is 3. The van der Waals surface area contributed by atoms with Crippen molar-refractivity contribution in [2.75, 3.05) is 11.6 Å². The molecule has 3 rings (SSSR count). The first-order valence-electron chi connectivity index (χ1n) is 11.0. The van der Waals surface area contributed by atoms with Crippen LogP contribution in [0.1, 0.15) is 65.5 Å². The Bertz CT molecular complexity index is 1050. The molecule has 0 bridgehead atoms. The van der Waals surface area contributed by atoms with Gasteiger partial charge in [-0.05, 0) is 78.1 Å². The number of hydrogen-bond acceptors (Lipinski definition) is 6. The number of aromatic nitrogens is 2. The number of nitrogens with one attached hydrogen (secondary N) is 3. The fourth-order valence-electron chi connectivity index (χ4n) is 3.88. The van der Waals surface area contributed by atoms with Crippen molar-refractivity contribution in [2.24, 2.45) is 0 Å². The topological polar surface area (TPSA) is 109 Å². The number of benzene rings is 1. The SMILES string of the molecule is CC(C)NC(=O)O[C@@H]1CC[C@H](c2cc(Nc3ccc(S(C)(=N)=O)cc3)n(C(C)(C)C)n2)C1. The predicted molar refractivity (Wildman–Crippen MR) is 127 cm³/mol. The van der Waals surface area contributed by atoms with E-state index in [2.05, 4.69) is 37.5 Å². The molecule has 3 N–H and O–H groups in total. The molecule has 1 amide bonds. The standard InChI is InChI=1S/C23H35N5O3S/c1-15(2)25-22(29)31-18-10-7-16(13-18)20-14-21(28(27-20)23(3,4)5)26-17-8-11-19(12-9-17)32(6,24)30/h8-9,11-12,14-16,18,24,26H,7,10,13H2,1-6H3,(H,25,29)/t16-,18+,32?/m0/s1. The first kappa shape index (κ1) is 24.1. The van der Waals surface area contributed by atoms with Gasteiger partial charge in [-0.15, -0.1) is 0 Å². The van der Waals surface area contributed by atoms with E-state index in [1.807, 2.05) is 30.7 Å². The Kier molecular flexibility index (Phi) is 6.88. The van der Waals surface area contributed by atoms with Crippen LogP contribution in [0.2, 0.25) is 0 Å². The molecule has 1 fully saturated rings. The molecule has 2 aromatic rings. The largest absolute Gasteiger partial charge is 0.446 e. The summed E-state index contributed by atoms with van der Waals surface area (Å²) < 4.78 is 27.2. The van der Waals surface area contributed by atoms with Gasteiger partial charge < -0.3 is 15.4 Å². The molecule has 176 valence electrons. The molecule has 1 aliphatic carbocycles. The Morgan fingerprint density at radius 2 is 1.91 bits per heavy atom. The molecule has 1 aromatic carbocycles. The highest BCUT2D eigenvalue weighted by Crippen LogP contribution is 2.38. The van der Waals surface area contributed by atoms with Gasteiger partial charge in [-0.25, -0.2) is 18.5 Å². The van der Waals surface area contributed by atoms with Crippen LogP contribution in [0.4, 0.5) is 16.3 Å². The van der Waals surface area contributed by atoms with Gasteiger partial charge in [0.2, 0.25) is 0 Å². The van der Waals surface area contributed by atoms with Crippen molar-refractivity contribution in [3.63, 3.8) is 0 Å². The zero-order valence-corrected chi connectivity index (χ0v) is 20.6. The second-order valence-corrected chi connectivity index (χ2v) is 12.0. The predicted octanol–water partition coefficient (Wildman–Crippen LogP) is 5.19. The summed E-state index contributed by atoms with van der Waals surface area (Å²) in [6, 6.07) is 9.22. The summed E-state index contributed by atoms with van der Waals surface area (Å²) in [6.45, 7) is 10.1. The molecule has 32 heavy (non-hydrogen) atoms. The van der Waals surface area contributed by atoms with Crippen LogP contribution in [0.5, 0.6) is 0 Å². The lowest BCUT2D eigenvalue weighted by molar-refractivity contribution is 0.0981. The number of amides is 1. The molecule has 1 saturated carbocycles. The van der Waals surface area contributed by atoms with Crippen molar-refractivity contribution in [1.29, 1.82) is 4.78 Å². The van der Waals surface area contributed by atoms with E-state index in [4.69, 9.17) is 14.6 Å². The fraction of sp³-hybridized carbons (Fsp3) is 0.565. The van der Waals surface area contributed by atoms with Crippen LogP contribution in [-0.2, 0) is 20.0 Å². The highest BCUT2D eigenvalue weighted by Gasteiger charge is 2.32. The van der Waals surface area contributed by atoms with Crippen LogP contribution in [-0.4, -0.2) is 38.5 Å². The molecule has 3 atom stereocenters. The van der Waals surface area contributed by atoms with Gasteiger partial charge >= 0.3 is 6.09 Å². The molecule has 0 spiro atoms. The van der Waals surface area contributed by atoms with Crippen LogP contribution in [0.25, 0.3) is 0 Å². The third-order valence-electron chi connectivity index (χ3n) is 5.42. The molecular weight excluding hydrogens is 426 g/mol. The van der Waals surface area contributed by atoms with Crippen molar-refractivity contribution in [1.82, 2.24) is 15.1 Å². The van der Waals surface area contributed by atoms with Crippen LogP contribution in [0.3, 0.4) is 0 Å². The summed E-state index contributed by atoms with van der Waals surface area (Å²) in [5.74, 6) is 1.09. The van der Waals surface area contributed by atoms with Crippen molar-refractivity contribution in [3.8, 4) is 0 Å². The first-order chi connectivity index (χ1) is 14.8. The quantitative estimate of drug-likeness (QED) is 0.549. The maximum Gasteiger partial charge on any atom is 0.407 e. The summed E-state index contributed by atoms with van der Waals surface area (Å²) in [5, 5.41) is 11.1. The van der Waals surface area contributed by atoms with Crippen molar-refractivity contribution in [2.45, 2.75) is 82.4 Å². The van der Waals surface area contributed by atoms with E-state index in [-0.39, 0.29) is 29.7 Å². The second kappa shape index (κ2) is 9.13. The average molecular weight is 462 g/mol. The van der Waals surface area contributed by atoms with Crippen LogP contribution < -0.4 is 10.6 Å². The van der Waals surface area contributed by atoms with Gasteiger partial charge in [0.1, 0.15) is 11.9 Å². The highest BCUT2D eigenvalue weighted by atomic mass is 32.2. The summed E-state index contributed by atoms with van der Waals surface area (Å²) in [5.41, 5.74) is 1.59. The van der Waals surface area contributed by atoms with Crippen LogP contribution in [0.15, 0.2) is 35.2 Å². The summed E-state index contributed by atoms with van der Waals surface area (Å²) in [6.07, 6.45) is 3.46. The van der Waals surface area contributed by atoms with Gasteiger partial charge in [-0.3, -0.25) is 0 Å². The van der Waals surface area contributed by atoms with Crippen LogP contribution in [0, 0.1) is 4.78 Å². The minimum absolute atomic E-state index is 0.0507. The van der Waals surface area contributed by atoms with Gasteiger partial charge in [0, 0.05) is 34.9 Å². The second-order valence-electron chi connectivity index (χ2n) is 9.87. The summed E-state index contributed by atoms with van der Waals surface area (Å²) in [4.78, 5) is 12.4. The van der Waals surface area contributed by atoms with Gasteiger partial charge in [0.15, 0.2) is 0 Å². The number of rotatable bonds is 6. The number of anilines is 2. The molecule has 1 heterocycles. The Labute approximate surface area is 191 Å². The average Bonchev–Trinajstić information content (AvgIpc) is 3.27. The minimum Gasteiger partial charge on any atom is -0.446 e. The van der Waals surface area contributed by atoms with Gasteiger partial charge in [0.25, 0.3) is 0 Å². The monoisotopic (exact) mass is 461 g/mol. The van der Waals surface area contributed by atoms with Crippen LogP contribution >= 0.6 is 0 Å². The molecule has 8 nitrogen and oxygen atoms in total. The Balaban J connectivity index is 1.76. The normalized spacial score (nSPS) is 20.7. The number of carbonyl (C=O) groups is 1.